The molecule has 0 radical (unpaired) electrons. The van der Waals surface area contributed by atoms with Crippen LogP contribution in [0.2, 0.25) is 0 Å². The zero-order valence-electron chi connectivity index (χ0n) is 14.6. The minimum absolute atomic E-state index is 0.101. The van der Waals surface area contributed by atoms with Crippen molar-refractivity contribution in [1.29, 1.82) is 0 Å². The number of amides is 2. The minimum atomic E-state index is -0.101. The van der Waals surface area contributed by atoms with Gasteiger partial charge < -0.3 is 10.2 Å². The molecule has 0 atom stereocenters. The largest absolute Gasteiger partial charge is 0.351 e. The van der Waals surface area contributed by atoms with Crippen molar-refractivity contribution in [2.24, 2.45) is 0 Å². The summed E-state index contributed by atoms with van der Waals surface area (Å²) in [5.74, 6) is 0.0151. The van der Waals surface area contributed by atoms with Crippen LogP contribution >= 0.6 is 23.1 Å². The van der Waals surface area contributed by atoms with E-state index in [2.05, 4.69) is 19.0 Å². The first-order chi connectivity index (χ1) is 13.2. The molecular weight excluding hydrogens is 382 g/mol. The Morgan fingerprint density at radius 2 is 1.89 bits per heavy atom. The molecule has 1 saturated heterocycles. The van der Waals surface area contributed by atoms with Crippen LogP contribution in [0.3, 0.4) is 0 Å². The number of carbonyl (C=O) groups excluding carboxylic acids is 2. The van der Waals surface area contributed by atoms with Crippen LogP contribution < -0.4 is 5.32 Å². The van der Waals surface area contributed by atoms with Gasteiger partial charge in [0.25, 0.3) is 11.8 Å². The van der Waals surface area contributed by atoms with E-state index in [-0.39, 0.29) is 11.8 Å². The highest BCUT2D eigenvalue weighted by Gasteiger charge is 2.22. The van der Waals surface area contributed by atoms with E-state index in [9.17, 15) is 9.59 Å². The number of piperazine rings is 1. The van der Waals surface area contributed by atoms with Crippen LogP contribution in [-0.2, 0) is 0 Å². The van der Waals surface area contributed by atoms with E-state index >= 15 is 0 Å². The summed E-state index contributed by atoms with van der Waals surface area (Å²) in [6.45, 7) is 4.43. The lowest BCUT2D eigenvalue weighted by molar-refractivity contribution is 0.0643. The Bertz CT molecular complexity index is 932. The normalized spacial score (nSPS) is 15.2. The maximum Gasteiger partial charge on any atom is 0.264 e. The van der Waals surface area contributed by atoms with Gasteiger partial charge in [0.05, 0.1) is 16.6 Å². The molecule has 0 bridgehead atoms. The summed E-state index contributed by atoms with van der Waals surface area (Å²) in [6, 6.07) is 9.13. The molecule has 2 amide bonds. The number of fused-ring (bicyclic) bond motifs is 1. The second-order valence-electron chi connectivity index (χ2n) is 6.33. The SMILES string of the molecule is O=C(NCCN1CCN(C(=O)c2cccs2)CC1)c1ccc2nsnc2c1. The zero-order valence-corrected chi connectivity index (χ0v) is 16.3. The predicted molar refractivity (Wildman–Crippen MR) is 106 cm³/mol. The predicted octanol–water partition coefficient (Wildman–Crippen LogP) is 1.94. The van der Waals surface area contributed by atoms with Gasteiger partial charge in [0.15, 0.2) is 0 Å². The lowest BCUT2D eigenvalue weighted by Crippen LogP contribution is -2.50. The molecule has 0 saturated carbocycles. The molecule has 3 aromatic rings. The molecule has 140 valence electrons. The van der Waals surface area contributed by atoms with Crippen molar-refractivity contribution in [3.63, 3.8) is 0 Å². The van der Waals surface area contributed by atoms with E-state index in [1.165, 1.54) is 11.3 Å². The van der Waals surface area contributed by atoms with Gasteiger partial charge in [0.2, 0.25) is 0 Å². The summed E-state index contributed by atoms with van der Waals surface area (Å²) in [4.78, 5) is 29.6. The lowest BCUT2D eigenvalue weighted by Gasteiger charge is -2.34. The lowest BCUT2D eigenvalue weighted by atomic mass is 10.2. The second kappa shape index (κ2) is 8.12. The van der Waals surface area contributed by atoms with Gasteiger partial charge in [0.1, 0.15) is 11.0 Å². The number of hydrogen-bond donors (Lipinski definition) is 1. The van der Waals surface area contributed by atoms with Gasteiger partial charge in [-0.05, 0) is 29.6 Å². The van der Waals surface area contributed by atoms with Gasteiger partial charge in [-0.3, -0.25) is 14.5 Å². The van der Waals surface area contributed by atoms with Crippen LogP contribution in [0.4, 0.5) is 0 Å². The first kappa shape index (κ1) is 18.0. The molecule has 3 heterocycles. The number of nitrogens with zero attached hydrogens (tertiary/aromatic N) is 4. The maximum absolute atomic E-state index is 12.4. The molecule has 1 aliphatic rings. The summed E-state index contributed by atoms with van der Waals surface area (Å²) in [5.41, 5.74) is 2.16. The van der Waals surface area contributed by atoms with Gasteiger partial charge >= 0.3 is 0 Å². The first-order valence-electron chi connectivity index (χ1n) is 8.76. The second-order valence-corrected chi connectivity index (χ2v) is 7.81. The third-order valence-electron chi connectivity index (χ3n) is 4.62. The van der Waals surface area contributed by atoms with Gasteiger partial charge in [0, 0.05) is 44.8 Å². The number of rotatable bonds is 5. The Labute approximate surface area is 164 Å². The van der Waals surface area contributed by atoms with Crippen molar-refractivity contribution in [2.45, 2.75) is 0 Å². The molecule has 1 N–H and O–H groups in total. The average Bonchev–Trinajstić information content (AvgIpc) is 3.39. The van der Waals surface area contributed by atoms with Crippen molar-refractivity contribution >= 4 is 45.9 Å². The highest BCUT2D eigenvalue weighted by Crippen LogP contribution is 2.14. The van der Waals surface area contributed by atoms with Crippen molar-refractivity contribution in [3.8, 4) is 0 Å². The summed E-state index contributed by atoms with van der Waals surface area (Å²) in [5, 5.41) is 4.88. The fourth-order valence-corrected chi connectivity index (χ4v) is 4.29. The molecule has 27 heavy (non-hydrogen) atoms. The molecular formula is C18H19N5O2S2. The molecule has 9 heteroatoms. The van der Waals surface area contributed by atoms with Crippen LogP contribution in [-0.4, -0.2) is 69.6 Å². The molecule has 1 aliphatic heterocycles. The van der Waals surface area contributed by atoms with Crippen molar-refractivity contribution in [2.75, 3.05) is 39.3 Å². The number of hydrogen-bond acceptors (Lipinski definition) is 7. The van der Waals surface area contributed by atoms with E-state index in [4.69, 9.17) is 0 Å². The van der Waals surface area contributed by atoms with Crippen LogP contribution in [0, 0.1) is 0 Å². The molecule has 0 unspecified atom stereocenters. The molecule has 0 aliphatic carbocycles. The Balaban J connectivity index is 1.22. The molecule has 1 fully saturated rings. The van der Waals surface area contributed by atoms with Crippen molar-refractivity contribution < 1.29 is 9.59 Å². The standard InChI is InChI=1S/C18H19N5O2S2/c24-17(13-3-4-14-15(12-13)21-27-20-14)19-5-6-22-7-9-23(10-8-22)18(25)16-2-1-11-26-16/h1-4,11-12H,5-10H2,(H,19,24). The van der Waals surface area contributed by atoms with Gasteiger partial charge in [-0.25, -0.2) is 0 Å². The molecule has 2 aromatic heterocycles. The van der Waals surface area contributed by atoms with E-state index in [0.717, 1.165) is 60.4 Å². The first-order valence-corrected chi connectivity index (χ1v) is 10.4. The Kier molecular flexibility index (Phi) is 5.42. The van der Waals surface area contributed by atoms with Gasteiger partial charge in [-0.2, -0.15) is 8.75 Å². The smallest absolute Gasteiger partial charge is 0.264 e. The van der Waals surface area contributed by atoms with Crippen molar-refractivity contribution in [3.05, 3.63) is 46.2 Å². The van der Waals surface area contributed by atoms with Crippen molar-refractivity contribution in [1.82, 2.24) is 23.9 Å². The summed E-state index contributed by atoms with van der Waals surface area (Å²) in [7, 11) is 0. The molecule has 0 spiro atoms. The van der Waals surface area contributed by atoms with Crippen LogP contribution in [0.1, 0.15) is 20.0 Å². The van der Waals surface area contributed by atoms with E-state index in [1.54, 1.807) is 12.1 Å². The molecule has 1 aromatic carbocycles. The Morgan fingerprint density at radius 3 is 2.67 bits per heavy atom. The number of benzene rings is 1. The quantitative estimate of drug-likeness (QED) is 0.707. The monoisotopic (exact) mass is 401 g/mol. The van der Waals surface area contributed by atoms with Gasteiger partial charge in [-0.15, -0.1) is 11.3 Å². The average molecular weight is 402 g/mol. The summed E-state index contributed by atoms with van der Waals surface area (Å²) < 4.78 is 8.31. The van der Waals surface area contributed by atoms with E-state index in [0.29, 0.717) is 12.1 Å². The minimum Gasteiger partial charge on any atom is -0.351 e. The third kappa shape index (κ3) is 4.15. The summed E-state index contributed by atoms with van der Waals surface area (Å²) >= 11 is 2.63. The summed E-state index contributed by atoms with van der Waals surface area (Å²) in [6.07, 6.45) is 0. The van der Waals surface area contributed by atoms with Gasteiger partial charge in [-0.1, -0.05) is 6.07 Å². The van der Waals surface area contributed by atoms with E-state index in [1.807, 2.05) is 28.5 Å². The number of aromatic nitrogens is 2. The van der Waals surface area contributed by atoms with E-state index < -0.39 is 0 Å². The zero-order chi connectivity index (χ0) is 18.6. The Morgan fingerprint density at radius 1 is 1.07 bits per heavy atom. The Hall–Kier alpha value is -2.36. The molecule has 7 nitrogen and oxygen atoms in total. The van der Waals surface area contributed by atoms with Crippen LogP contribution in [0.25, 0.3) is 11.0 Å². The number of nitrogens with one attached hydrogen (secondary N) is 1. The topological polar surface area (TPSA) is 78.4 Å². The fraction of sp³-hybridized carbons (Fsp3) is 0.333. The third-order valence-corrected chi connectivity index (χ3v) is 6.04. The van der Waals surface area contributed by atoms with Crippen LogP contribution in [0.15, 0.2) is 35.7 Å². The molecule has 4 rings (SSSR count). The highest BCUT2D eigenvalue weighted by atomic mass is 32.1. The maximum atomic E-state index is 12.4. The van der Waals surface area contributed by atoms with Crippen LogP contribution in [0.5, 0.6) is 0 Å². The highest BCUT2D eigenvalue weighted by molar-refractivity contribution is 7.12. The number of carbonyl (C=O) groups is 2. The number of thiophene rings is 1. The fourth-order valence-electron chi connectivity index (χ4n) is 3.08.